The van der Waals surface area contributed by atoms with E-state index in [1.165, 1.54) is 0 Å². The first-order chi connectivity index (χ1) is 10.0. The molecule has 0 saturated carbocycles. The molecular weight excluding hydrogens is 286 g/mol. The summed E-state index contributed by atoms with van der Waals surface area (Å²) in [5.74, 6) is 2.33. The lowest BCUT2D eigenvalue weighted by atomic mass is 9.90. The molecule has 2 rings (SSSR count). The van der Waals surface area contributed by atoms with Crippen molar-refractivity contribution in [2.24, 2.45) is 11.8 Å². The fraction of sp³-hybridized carbons (Fsp3) is 0.588. The van der Waals surface area contributed by atoms with Crippen LogP contribution in [0.4, 0.5) is 0 Å². The van der Waals surface area contributed by atoms with Gasteiger partial charge in [-0.15, -0.1) is 0 Å². The average molecular weight is 310 g/mol. The van der Waals surface area contributed by atoms with Crippen LogP contribution in [0.1, 0.15) is 45.7 Å². The molecule has 2 heterocycles. The summed E-state index contributed by atoms with van der Waals surface area (Å²) in [7, 11) is 0. The fourth-order valence-electron chi connectivity index (χ4n) is 2.34. The van der Waals surface area contributed by atoms with Crippen molar-refractivity contribution in [3.8, 4) is 11.5 Å². The van der Waals surface area contributed by atoms with E-state index in [1.807, 2.05) is 6.07 Å². The van der Waals surface area contributed by atoms with E-state index in [9.17, 15) is 0 Å². The maximum absolute atomic E-state index is 6.22. The van der Waals surface area contributed by atoms with Gasteiger partial charge in [-0.05, 0) is 30.3 Å². The van der Waals surface area contributed by atoms with Crippen LogP contribution in [0.5, 0.6) is 11.5 Å². The molecule has 1 aliphatic rings. The summed E-state index contributed by atoms with van der Waals surface area (Å²) in [6.07, 6.45) is 2.97. The molecule has 0 saturated heterocycles. The molecule has 0 N–H and O–H groups in total. The Balaban J connectivity index is 2.22. The number of pyridine rings is 1. The molecule has 0 fully saturated rings. The molecule has 0 spiro atoms. The molecule has 1 atom stereocenters. The molecule has 4 heteroatoms. The van der Waals surface area contributed by atoms with Gasteiger partial charge in [0.25, 0.3) is 0 Å². The standard InChI is InChI=1S/C17H24ClNO2/c1-5-6-7-20-15-9-14-16(19-17(15)18)12(4)8-13(10-21-14)11(2)3/h9,11,13H,4-8,10H2,1-3H3. The molecule has 116 valence electrons. The van der Waals surface area contributed by atoms with Gasteiger partial charge in [0.1, 0.15) is 11.4 Å². The predicted octanol–water partition coefficient (Wildman–Crippen LogP) is 4.98. The SMILES string of the molecule is C=C1CC(C(C)C)COc2cc(OCCCC)c(Cl)nc21. The summed E-state index contributed by atoms with van der Waals surface area (Å²) >= 11 is 6.22. The highest BCUT2D eigenvalue weighted by molar-refractivity contribution is 6.31. The number of aromatic nitrogens is 1. The van der Waals surface area contributed by atoms with Crippen molar-refractivity contribution in [2.45, 2.75) is 40.0 Å². The Labute approximate surface area is 132 Å². The molecule has 1 aromatic heterocycles. The molecule has 0 radical (unpaired) electrons. The van der Waals surface area contributed by atoms with E-state index in [0.29, 0.717) is 36.0 Å². The van der Waals surface area contributed by atoms with E-state index in [0.717, 1.165) is 36.3 Å². The molecule has 1 aliphatic heterocycles. The topological polar surface area (TPSA) is 31.4 Å². The lowest BCUT2D eigenvalue weighted by Gasteiger charge is -2.17. The normalized spacial score (nSPS) is 18.1. The summed E-state index contributed by atoms with van der Waals surface area (Å²) in [6, 6.07) is 1.86. The summed E-state index contributed by atoms with van der Waals surface area (Å²) in [6.45, 7) is 12.0. The second-order valence-electron chi connectivity index (χ2n) is 5.95. The number of ether oxygens (including phenoxy) is 2. The largest absolute Gasteiger partial charge is 0.491 e. The van der Waals surface area contributed by atoms with Crippen LogP contribution in [0.25, 0.3) is 5.57 Å². The van der Waals surface area contributed by atoms with Crippen molar-refractivity contribution >= 4 is 17.2 Å². The van der Waals surface area contributed by atoms with Crippen molar-refractivity contribution in [1.29, 1.82) is 0 Å². The molecule has 1 unspecified atom stereocenters. The van der Waals surface area contributed by atoms with Gasteiger partial charge in [-0.2, -0.15) is 0 Å². The summed E-state index contributed by atoms with van der Waals surface area (Å²) in [5.41, 5.74) is 1.76. The van der Waals surface area contributed by atoms with Gasteiger partial charge in [0.05, 0.1) is 13.2 Å². The molecule has 1 aromatic rings. The van der Waals surface area contributed by atoms with Crippen molar-refractivity contribution in [2.75, 3.05) is 13.2 Å². The Bertz CT molecular complexity index is 514. The highest BCUT2D eigenvalue weighted by Gasteiger charge is 2.24. The van der Waals surface area contributed by atoms with Gasteiger partial charge in [-0.25, -0.2) is 4.98 Å². The number of allylic oxidation sites excluding steroid dienone is 1. The smallest absolute Gasteiger partial charge is 0.171 e. The van der Waals surface area contributed by atoms with Crippen LogP contribution >= 0.6 is 11.6 Å². The maximum Gasteiger partial charge on any atom is 0.171 e. The number of hydrogen-bond acceptors (Lipinski definition) is 3. The Hall–Kier alpha value is -1.22. The average Bonchev–Trinajstić information content (AvgIpc) is 2.59. The zero-order valence-electron chi connectivity index (χ0n) is 13.1. The summed E-state index contributed by atoms with van der Waals surface area (Å²) < 4.78 is 11.6. The molecule has 0 bridgehead atoms. The lowest BCUT2D eigenvalue weighted by Crippen LogP contribution is -2.16. The van der Waals surface area contributed by atoms with Crippen LogP contribution in [-0.4, -0.2) is 18.2 Å². The quantitative estimate of drug-likeness (QED) is 0.567. The van der Waals surface area contributed by atoms with E-state index < -0.39 is 0 Å². The third kappa shape index (κ3) is 3.91. The highest BCUT2D eigenvalue weighted by atomic mass is 35.5. The van der Waals surface area contributed by atoms with Gasteiger partial charge in [0, 0.05) is 6.07 Å². The zero-order valence-corrected chi connectivity index (χ0v) is 13.9. The molecule has 21 heavy (non-hydrogen) atoms. The maximum atomic E-state index is 6.22. The Morgan fingerprint density at radius 1 is 1.52 bits per heavy atom. The number of halogens is 1. The van der Waals surface area contributed by atoms with E-state index in [-0.39, 0.29) is 0 Å². The minimum absolute atomic E-state index is 0.387. The van der Waals surface area contributed by atoms with E-state index in [4.69, 9.17) is 21.1 Å². The third-order valence-corrected chi connectivity index (χ3v) is 4.17. The van der Waals surface area contributed by atoms with Gasteiger partial charge in [-0.3, -0.25) is 0 Å². The van der Waals surface area contributed by atoms with E-state index in [2.05, 4.69) is 32.3 Å². The van der Waals surface area contributed by atoms with Crippen LogP contribution in [0.15, 0.2) is 12.6 Å². The summed E-state index contributed by atoms with van der Waals surface area (Å²) in [4.78, 5) is 4.44. The van der Waals surface area contributed by atoms with Gasteiger partial charge < -0.3 is 9.47 Å². The minimum Gasteiger partial charge on any atom is -0.491 e. The summed E-state index contributed by atoms with van der Waals surface area (Å²) in [5, 5.41) is 0.387. The van der Waals surface area contributed by atoms with Crippen LogP contribution < -0.4 is 9.47 Å². The molecule has 0 amide bonds. The zero-order chi connectivity index (χ0) is 15.4. The Morgan fingerprint density at radius 3 is 2.95 bits per heavy atom. The second kappa shape index (κ2) is 7.17. The van der Waals surface area contributed by atoms with Gasteiger partial charge in [-0.1, -0.05) is 45.4 Å². The first-order valence-corrected chi connectivity index (χ1v) is 8.05. The van der Waals surface area contributed by atoms with Crippen molar-refractivity contribution in [1.82, 2.24) is 4.98 Å². The number of rotatable bonds is 5. The minimum atomic E-state index is 0.387. The van der Waals surface area contributed by atoms with Gasteiger partial charge in [0.2, 0.25) is 0 Å². The molecule has 0 aromatic carbocycles. The van der Waals surface area contributed by atoms with E-state index in [1.54, 1.807) is 0 Å². The van der Waals surface area contributed by atoms with Crippen molar-refractivity contribution < 1.29 is 9.47 Å². The molecule has 3 nitrogen and oxygen atoms in total. The van der Waals surface area contributed by atoms with Gasteiger partial charge in [0.15, 0.2) is 10.9 Å². The first kappa shape index (κ1) is 16.2. The van der Waals surface area contributed by atoms with Crippen LogP contribution in [-0.2, 0) is 0 Å². The molecular formula is C17H24ClNO2. The number of hydrogen-bond donors (Lipinski definition) is 0. The number of nitrogens with zero attached hydrogens (tertiary/aromatic N) is 1. The van der Waals surface area contributed by atoms with E-state index >= 15 is 0 Å². The number of fused-ring (bicyclic) bond motifs is 1. The Morgan fingerprint density at radius 2 is 2.29 bits per heavy atom. The van der Waals surface area contributed by atoms with Crippen LogP contribution in [0.2, 0.25) is 5.15 Å². The molecule has 0 aliphatic carbocycles. The highest BCUT2D eigenvalue weighted by Crippen LogP contribution is 2.38. The third-order valence-electron chi connectivity index (χ3n) is 3.90. The second-order valence-corrected chi connectivity index (χ2v) is 6.31. The monoisotopic (exact) mass is 309 g/mol. The first-order valence-electron chi connectivity index (χ1n) is 7.67. The Kier molecular flexibility index (Phi) is 5.51. The van der Waals surface area contributed by atoms with Crippen LogP contribution in [0.3, 0.4) is 0 Å². The predicted molar refractivity (Wildman–Crippen MR) is 87.1 cm³/mol. The van der Waals surface area contributed by atoms with Gasteiger partial charge >= 0.3 is 0 Å². The lowest BCUT2D eigenvalue weighted by molar-refractivity contribution is 0.217. The fourth-order valence-corrected chi connectivity index (χ4v) is 2.54. The van der Waals surface area contributed by atoms with Crippen molar-refractivity contribution in [3.05, 3.63) is 23.5 Å². The van der Waals surface area contributed by atoms with Crippen LogP contribution in [0, 0.1) is 11.8 Å². The number of unbranched alkanes of at least 4 members (excludes halogenated alkanes) is 1. The van der Waals surface area contributed by atoms with Crippen molar-refractivity contribution in [3.63, 3.8) is 0 Å².